The smallest absolute Gasteiger partial charge is 0.244 e. The lowest BCUT2D eigenvalue weighted by molar-refractivity contribution is -0.135. The summed E-state index contributed by atoms with van der Waals surface area (Å²) in [5.41, 5.74) is 0.901. The van der Waals surface area contributed by atoms with Gasteiger partial charge in [-0.3, -0.25) is 14.5 Å². The standard InChI is InChI=1S/C16H23N3O2/c1-18(2)16(21)15(12-7-5-4-6-8-12)19(3)11-14(20)17-13-9-10-13/h4-8,13,15H,9-11H2,1-3H3,(H,17,20)/t15-/m0/s1. The quantitative estimate of drug-likeness (QED) is 0.851. The van der Waals surface area contributed by atoms with Gasteiger partial charge in [-0.05, 0) is 25.5 Å². The normalized spacial score (nSPS) is 15.6. The molecule has 0 unspecified atom stereocenters. The summed E-state index contributed by atoms with van der Waals surface area (Å²) in [4.78, 5) is 27.8. The van der Waals surface area contributed by atoms with E-state index in [1.54, 1.807) is 23.9 Å². The third-order valence-corrected chi connectivity index (χ3v) is 3.57. The molecule has 0 heterocycles. The Hall–Kier alpha value is -1.88. The average molecular weight is 289 g/mol. The predicted molar refractivity (Wildman–Crippen MR) is 81.7 cm³/mol. The van der Waals surface area contributed by atoms with Crippen molar-refractivity contribution in [2.75, 3.05) is 27.7 Å². The Morgan fingerprint density at radius 1 is 1.19 bits per heavy atom. The van der Waals surface area contributed by atoms with Crippen LogP contribution in [-0.4, -0.2) is 55.3 Å². The van der Waals surface area contributed by atoms with Gasteiger partial charge in [-0.2, -0.15) is 0 Å². The number of carbonyl (C=O) groups excluding carboxylic acids is 2. The van der Waals surface area contributed by atoms with Gasteiger partial charge >= 0.3 is 0 Å². The lowest BCUT2D eigenvalue weighted by atomic mass is 10.0. The summed E-state index contributed by atoms with van der Waals surface area (Å²) in [5, 5.41) is 2.95. The third kappa shape index (κ3) is 4.29. The molecule has 2 amide bonds. The molecular formula is C16H23N3O2. The molecule has 0 aliphatic heterocycles. The summed E-state index contributed by atoms with van der Waals surface area (Å²) in [6.07, 6.45) is 2.13. The number of nitrogens with one attached hydrogen (secondary N) is 1. The molecule has 0 radical (unpaired) electrons. The summed E-state index contributed by atoms with van der Waals surface area (Å²) >= 11 is 0. The van der Waals surface area contributed by atoms with Crippen LogP contribution in [0.5, 0.6) is 0 Å². The zero-order chi connectivity index (χ0) is 15.4. The van der Waals surface area contributed by atoms with E-state index in [0.29, 0.717) is 6.04 Å². The minimum Gasteiger partial charge on any atom is -0.352 e. The summed E-state index contributed by atoms with van der Waals surface area (Å²) < 4.78 is 0. The largest absolute Gasteiger partial charge is 0.352 e. The molecule has 1 aliphatic carbocycles. The maximum atomic E-state index is 12.5. The van der Waals surface area contributed by atoms with Crippen LogP contribution in [0.25, 0.3) is 0 Å². The first-order chi connectivity index (χ1) is 9.99. The number of amides is 2. The van der Waals surface area contributed by atoms with Crippen molar-refractivity contribution in [1.29, 1.82) is 0 Å². The summed E-state index contributed by atoms with van der Waals surface area (Å²) in [6, 6.07) is 9.47. The van der Waals surface area contributed by atoms with Crippen LogP contribution in [0.15, 0.2) is 30.3 Å². The van der Waals surface area contributed by atoms with E-state index in [-0.39, 0.29) is 18.4 Å². The highest BCUT2D eigenvalue weighted by Gasteiger charge is 2.29. The maximum Gasteiger partial charge on any atom is 0.244 e. The van der Waals surface area contributed by atoms with E-state index in [9.17, 15) is 9.59 Å². The second kappa shape index (κ2) is 6.72. The van der Waals surface area contributed by atoms with Crippen LogP contribution >= 0.6 is 0 Å². The van der Waals surface area contributed by atoms with Crippen molar-refractivity contribution in [3.63, 3.8) is 0 Å². The molecule has 1 atom stereocenters. The molecule has 0 spiro atoms. The number of nitrogens with zero attached hydrogens (tertiary/aromatic N) is 2. The highest BCUT2D eigenvalue weighted by Crippen LogP contribution is 2.22. The van der Waals surface area contributed by atoms with Crippen molar-refractivity contribution in [2.45, 2.75) is 24.9 Å². The molecule has 0 aromatic heterocycles. The van der Waals surface area contributed by atoms with Crippen LogP contribution in [0.1, 0.15) is 24.4 Å². The number of benzene rings is 1. The molecule has 2 rings (SSSR count). The van der Waals surface area contributed by atoms with E-state index < -0.39 is 6.04 Å². The number of carbonyl (C=O) groups is 2. The molecule has 1 saturated carbocycles. The number of rotatable bonds is 6. The van der Waals surface area contributed by atoms with E-state index in [0.717, 1.165) is 18.4 Å². The molecule has 114 valence electrons. The van der Waals surface area contributed by atoms with Gasteiger partial charge in [0.2, 0.25) is 11.8 Å². The molecule has 1 aliphatic rings. The average Bonchev–Trinajstić information content (AvgIpc) is 3.23. The monoisotopic (exact) mass is 289 g/mol. The van der Waals surface area contributed by atoms with Crippen molar-refractivity contribution in [1.82, 2.24) is 15.1 Å². The van der Waals surface area contributed by atoms with E-state index in [2.05, 4.69) is 5.32 Å². The zero-order valence-electron chi connectivity index (χ0n) is 12.9. The fraction of sp³-hybridized carbons (Fsp3) is 0.500. The molecule has 1 N–H and O–H groups in total. The fourth-order valence-corrected chi connectivity index (χ4v) is 2.28. The molecule has 1 fully saturated rings. The first-order valence-electron chi connectivity index (χ1n) is 7.24. The van der Waals surface area contributed by atoms with Gasteiger partial charge in [-0.1, -0.05) is 30.3 Å². The minimum atomic E-state index is -0.439. The van der Waals surface area contributed by atoms with Crippen LogP contribution in [0.3, 0.4) is 0 Å². The molecule has 0 saturated heterocycles. The molecule has 1 aromatic rings. The van der Waals surface area contributed by atoms with E-state index in [1.807, 2.05) is 37.4 Å². The Morgan fingerprint density at radius 3 is 2.33 bits per heavy atom. The van der Waals surface area contributed by atoms with Crippen LogP contribution in [0.4, 0.5) is 0 Å². The van der Waals surface area contributed by atoms with Crippen LogP contribution in [0, 0.1) is 0 Å². The number of hydrogen-bond acceptors (Lipinski definition) is 3. The predicted octanol–water partition coefficient (Wildman–Crippen LogP) is 1.03. The molecular weight excluding hydrogens is 266 g/mol. The number of hydrogen-bond donors (Lipinski definition) is 1. The van der Waals surface area contributed by atoms with Crippen molar-refractivity contribution in [3.05, 3.63) is 35.9 Å². The highest BCUT2D eigenvalue weighted by molar-refractivity contribution is 5.84. The second-order valence-corrected chi connectivity index (χ2v) is 5.80. The van der Waals surface area contributed by atoms with Gasteiger partial charge in [0.1, 0.15) is 6.04 Å². The van der Waals surface area contributed by atoms with Crippen LogP contribution in [-0.2, 0) is 9.59 Å². The van der Waals surface area contributed by atoms with Crippen molar-refractivity contribution in [3.8, 4) is 0 Å². The molecule has 0 bridgehead atoms. The minimum absolute atomic E-state index is 0.0208. The highest BCUT2D eigenvalue weighted by atomic mass is 16.2. The SMILES string of the molecule is CN(C)C(=O)[C@H](c1ccccc1)N(C)CC(=O)NC1CC1. The van der Waals surface area contributed by atoms with Gasteiger partial charge in [0.05, 0.1) is 6.54 Å². The first-order valence-corrected chi connectivity index (χ1v) is 7.24. The van der Waals surface area contributed by atoms with Gasteiger partial charge in [0, 0.05) is 20.1 Å². The summed E-state index contributed by atoms with van der Waals surface area (Å²) in [6.45, 7) is 0.218. The third-order valence-electron chi connectivity index (χ3n) is 3.57. The lowest BCUT2D eigenvalue weighted by Crippen LogP contribution is -2.43. The Bertz CT molecular complexity index is 498. The second-order valence-electron chi connectivity index (χ2n) is 5.80. The van der Waals surface area contributed by atoms with E-state index in [4.69, 9.17) is 0 Å². The van der Waals surface area contributed by atoms with Gasteiger partial charge in [-0.15, -0.1) is 0 Å². The van der Waals surface area contributed by atoms with Gasteiger partial charge < -0.3 is 10.2 Å². The number of likely N-dealkylation sites (N-methyl/N-ethyl adjacent to an activating group) is 2. The fourth-order valence-electron chi connectivity index (χ4n) is 2.28. The molecule has 1 aromatic carbocycles. The van der Waals surface area contributed by atoms with Crippen LogP contribution in [0.2, 0.25) is 0 Å². The maximum absolute atomic E-state index is 12.5. The summed E-state index contributed by atoms with van der Waals surface area (Å²) in [5.74, 6) is -0.0459. The van der Waals surface area contributed by atoms with Gasteiger partial charge in [0.25, 0.3) is 0 Å². The topological polar surface area (TPSA) is 52.7 Å². The molecule has 5 nitrogen and oxygen atoms in total. The molecule has 21 heavy (non-hydrogen) atoms. The van der Waals surface area contributed by atoms with Crippen molar-refractivity contribution >= 4 is 11.8 Å². The van der Waals surface area contributed by atoms with Crippen molar-refractivity contribution in [2.24, 2.45) is 0 Å². The Labute approximate surface area is 125 Å². The lowest BCUT2D eigenvalue weighted by Gasteiger charge is -2.29. The first kappa shape index (κ1) is 15.5. The Morgan fingerprint density at radius 2 is 1.81 bits per heavy atom. The Balaban J connectivity index is 2.10. The van der Waals surface area contributed by atoms with Gasteiger partial charge in [-0.25, -0.2) is 0 Å². The zero-order valence-corrected chi connectivity index (χ0v) is 12.9. The van der Waals surface area contributed by atoms with Crippen LogP contribution < -0.4 is 5.32 Å². The van der Waals surface area contributed by atoms with E-state index in [1.165, 1.54) is 0 Å². The summed E-state index contributed by atoms with van der Waals surface area (Å²) in [7, 11) is 5.28. The Kier molecular flexibility index (Phi) is 4.96. The van der Waals surface area contributed by atoms with E-state index >= 15 is 0 Å². The van der Waals surface area contributed by atoms with Gasteiger partial charge in [0.15, 0.2) is 0 Å². The van der Waals surface area contributed by atoms with Crippen molar-refractivity contribution < 1.29 is 9.59 Å². The molecule has 5 heteroatoms.